The average molecular weight is 352 g/mol. The fraction of sp³-hybridized carbons (Fsp3) is 0.600. The molecule has 0 aromatic carbocycles. The molecule has 3 amide bonds. The fourth-order valence-electron chi connectivity index (χ4n) is 2.12. The largest absolute Gasteiger partial charge is 0.357 e. The van der Waals surface area contributed by atoms with Crippen LogP contribution in [-0.2, 0) is 11.3 Å². The van der Waals surface area contributed by atoms with E-state index >= 15 is 0 Å². The van der Waals surface area contributed by atoms with Crippen molar-refractivity contribution < 1.29 is 9.59 Å². The molecule has 1 aromatic heterocycles. The second kappa shape index (κ2) is 8.62. The molecule has 2 heterocycles. The fourth-order valence-corrected chi connectivity index (χ4v) is 3.00. The molecule has 3 N–H and O–H groups in total. The molecule has 1 fully saturated rings. The molecule has 1 aliphatic heterocycles. The number of hydrogen-bond donors (Lipinski definition) is 3. The number of amides is 3. The van der Waals surface area contributed by atoms with E-state index in [1.807, 2.05) is 6.92 Å². The Balaban J connectivity index is 1.85. The van der Waals surface area contributed by atoms with E-state index in [-0.39, 0.29) is 18.5 Å². The van der Waals surface area contributed by atoms with Crippen LogP contribution in [0.25, 0.3) is 0 Å². The van der Waals surface area contributed by atoms with Crippen molar-refractivity contribution in [2.75, 3.05) is 26.2 Å². The topological polar surface area (TPSA) is 98.7 Å². The van der Waals surface area contributed by atoms with E-state index in [1.54, 1.807) is 11.3 Å². The first-order chi connectivity index (χ1) is 11.5. The molecule has 0 unspecified atom stereocenters. The smallest absolute Gasteiger partial charge is 0.324 e. The zero-order valence-electron chi connectivity index (χ0n) is 14.3. The Morgan fingerprint density at radius 3 is 2.83 bits per heavy atom. The summed E-state index contributed by atoms with van der Waals surface area (Å²) in [7, 11) is 0. The van der Waals surface area contributed by atoms with Crippen LogP contribution in [0.15, 0.2) is 10.4 Å². The van der Waals surface area contributed by atoms with Gasteiger partial charge in [-0.15, -0.1) is 11.3 Å². The van der Waals surface area contributed by atoms with Crippen molar-refractivity contribution in [1.29, 1.82) is 0 Å². The Kier molecular flexibility index (Phi) is 6.53. The first kappa shape index (κ1) is 18.2. The van der Waals surface area contributed by atoms with Crippen molar-refractivity contribution in [2.45, 2.75) is 33.2 Å². The summed E-state index contributed by atoms with van der Waals surface area (Å²) in [6.07, 6.45) is 0. The van der Waals surface area contributed by atoms with Gasteiger partial charge in [-0.05, 0) is 12.8 Å². The highest BCUT2D eigenvalue weighted by Gasteiger charge is 2.27. The second-order valence-corrected chi connectivity index (χ2v) is 6.59. The van der Waals surface area contributed by atoms with Crippen molar-refractivity contribution in [3.63, 3.8) is 0 Å². The lowest BCUT2D eigenvalue weighted by Gasteiger charge is -2.15. The molecule has 9 heteroatoms. The van der Waals surface area contributed by atoms with E-state index in [2.05, 4.69) is 45.2 Å². The maximum Gasteiger partial charge on any atom is 0.324 e. The summed E-state index contributed by atoms with van der Waals surface area (Å²) in [6.45, 7) is 8.26. The number of thiazole rings is 1. The van der Waals surface area contributed by atoms with Gasteiger partial charge in [0.1, 0.15) is 5.01 Å². The Morgan fingerprint density at radius 2 is 2.25 bits per heavy atom. The number of aliphatic imine (C=N–C) groups is 1. The van der Waals surface area contributed by atoms with E-state index < -0.39 is 0 Å². The molecule has 0 spiro atoms. The minimum Gasteiger partial charge on any atom is -0.357 e. The number of carbonyl (C=O) groups excluding carboxylic acids is 2. The maximum atomic E-state index is 11.5. The molecule has 2 rings (SSSR count). The van der Waals surface area contributed by atoms with Gasteiger partial charge in [0, 0.05) is 25.0 Å². The zero-order chi connectivity index (χ0) is 17.5. The predicted octanol–water partition coefficient (Wildman–Crippen LogP) is 0.873. The number of hydrogen-bond acceptors (Lipinski definition) is 5. The predicted molar refractivity (Wildman–Crippen MR) is 94.1 cm³/mol. The summed E-state index contributed by atoms with van der Waals surface area (Å²) in [5.74, 6) is 0.855. The summed E-state index contributed by atoms with van der Waals surface area (Å²) in [6, 6.07) is -0.340. The van der Waals surface area contributed by atoms with E-state index in [0.29, 0.717) is 31.5 Å². The highest BCUT2D eigenvalue weighted by molar-refractivity contribution is 7.09. The number of urea groups is 1. The minimum absolute atomic E-state index is 0.0786. The van der Waals surface area contributed by atoms with Gasteiger partial charge in [-0.25, -0.2) is 14.8 Å². The third-order valence-electron chi connectivity index (χ3n) is 3.44. The van der Waals surface area contributed by atoms with Gasteiger partial charge in [-0.2, -0.15) is 0 Å². The van der Waals surface area contributed by atoms with E-state index in [9.17, 15) is 9.59 Å². The summed E-state index contributed by atoms with van der Waals surface area (Å²) >= 11 is 1.60. The molecule has 8 nitrogen and oxygen atoms in total. The van der Waals surface area contributed by atoms with Crippen LogP contribution < -0.4 is 16.0 Å². The number of imide groups is 1. The summed E-state index contributed by atoms with van der Waals surface area (Å²) in [5, 5.41) is 11.8. The van der Waals surface area contributed by atoms with E-state index in [1.165, 1.54) is 4.90 Å². The first-order valence-corrected chi connectivity index (χ1v) is 8.94. The van der Waals surface area contributed by atoms with Crippen molar-refractivity contribution in [2.24, 2.45) is 4.99 Å². The molecule has 132 valence electrons. The Labute approximate surface area is 145 Å². The lowest BCUT2D eigenvalue weighted by molar-refractivity contribution is -0.124. The van der Waals surface area contributed by atoms with Gasteiger partial charge in [0.15, 0.2) is 5.96 Å². The van der Waals surface area contributed by atoms with Crippen LogP contribution >= 0.6 is 11.3 Å². The Bertz CT molecular complexity index is 597. The van der Waals surface area contributed by atoms with E-state index in [4.69, 9.17) is 0 Å². The lowest BCUT2D eigenvalue weighted by Crippen LogP contribution is -2.43. The molecule has 1 saturated heterocycles. The Morgan fingerprint density at radius 1 is 1.46 bits per heavy atom. The standard InChI is InChI=1S/C15H24N6O2S/c1-4-16-14(17-5-6-21-13(22)8-19-15(21)23)18-7-12-20-11(9-24-12)10(2)3/h9-10H,4-8H2,1-3H3,(H,19,23)(H2,16,17,18). The number of nitrogens with zero attached hydrogens (tertiary/aromatic N) is 3. The minimum atomic E-state index is -0.340. The molecule has 0 radical (unpaired) electrons. The average Bonchev–Trinajstić information content (AvgIpc) is 3.14. The molecule has 0 bridgehead atoms. The molecular weight excluding hydrogens is 328 g/mol. The monoisotopic (exact) mass is 352 g/mol. The third-order valence-corrected chi connectivity index (χ3v) is 4.29. The van der Waals surface area contributed by atoms with Crippen LogP contribution in [0, 0.1) is 0 Å². The Hall–Kier alpha value is -2.16. The normalized spacial score (nSPS) is 15.2. The second-order valence-electron chi connectivity index (χ2n) is 5.65. The molecule has 0 saturated carbocycles. The summed E-state index contributed by atoms with van der Waals surface area (Å²) in [4.78, 5) is 33.2. The number of nitrogens with one attached hydrogen (secondary N) is 3. The van der Waals surface area contributed by atoms with Crippen LogP contribution in [0.1, 0.15) is 37.4 Å². The summed E-state index contributed by atoms with van der Waals surface area (Å²) < 4.78 is 0. The number of aromatic nitrogens is 1. The maximum absolute atomic E-state index is 11.5. The van der Waals surface area contributed by atoms with Crippen LogP contribution in [0.5, 0.6) is 0 Å². The quantitative estimate of drug-likeness (QED) is 0.384. The van der Waals surface area contributed by atoms with Gasteiger partial charge >= 0.3 is 6.03 Å². The number of guanidine groups is 1. The van der Waals surface area contributed by atoms with Crippen molar-refractivity contribution >= 4 is 29.2 Å². The molecule has 0 aliphatic carbocycles. The van der Waals surface area contributed by atoms with Crippen LogP contribution in [0.3, 0.4) is 0 Å². The highest BCUT2D eigenvalue weighted by Crippen LogP contribution is 2.18. The van der Waals surface area contributed by atoms with Crippen molar-refractivity contribution in [3.05, 3.63) is 16.1 Å². The molecule has 1 aromatic rings. The lowest BCUT2D eigenvalue weighted by atomic mass is 10.2. The molecule has 24 heavy (non-hydrogen) atoms. The van der Waals surface area contributed by atoms with E-state index in [0.717, 1.165) is 17.2 Å². The molecular formula is C15H24N6O2S. The number of carbonyl (C=O) groups is 2. The van der Waals surface area contributed by atoms with Gasteiger partial charge in [0.05, 0.1) is 18.8 Å². The summed E-state index contributed by atoms with van der Waals surface area (Å²) in [5.41, 5.74) is 1.08. The van der Waals surface area contributed by atoms with Gasteiger partial charge in [0.2, 0.25) is 5.91 Å². The molecule has 0 atom stereocenters. The van der Waals surface area contributed by atoms with Crippen LogP contribution in [0.4, 0.5) is 4.79 Å². The highest BCUT2D eigenvalue weighted by atomic mass is 32.1. The van der Waals surface area contributed by atoms with Gasteiger partial charge in [-0.1, -0.05) is 13.8 Å². The van der Waals surface area contributed by atoms with Crippen LogP contribution in [0.2, 0.25) is 0 Å². The number of rotatable bonds is 7. The van der Waals surface area contributed by atoms with Crippen LogP contribution in [-0.4, -0.2) is 54.0 Å². The SMILES string of the molecule is CCNC(=NCc1nc(C(C)C)cs1)NCCN1C(=O)CNC1=O. The van der Waals surface area contributed by atoms with Crippen molar-refractivity contribution in [1.82, 2.24) is 25.8 Å². The first-order valence-electron chi connectivity index (χ1n) is 8.06. The van der Waals surface area contributed by atoms with Gasteiger partial charge in [-0.3, -0.25) is 9.69 Å². The van der Waals surface area contributed by atoms with Crippen molar-refractivity contribution in [3.8, 4) is 0 Å². The zero-order valence-corrected chi connectivity index (χ0v) is 15.1. The third kappa shape index (κ3) is 4.92. The molecule has 1 aliphatic rings. The van der Waals surface area contributed by atoms with Gasteiger partial charge < -0.3 is 16.0 Å². The van der Waals surface area contributed by atoms with Gasteiger partial charge in [0.25, 0.3) is 0 Å².